The normalized spacial score (nSPS) is 11.5. The van der Waals surface area contributed by atoms with Gasteiger partial charge >= 0.3 is 5.69 Å². The second-order valence-electron chi connectivity index (χ2n) is 9.67. The zero-order valence-corrected chi connectivity index (χ0v) is 24.5. The molecule has 5 aromatic rings. The number of rotatable bonds is 6. The fourth-order valence-corrected chi connectivity index (χ4v) is 4.49. The third kappa shape index (κ3) is 5.37. The van der Waals surface area contributed by atoms with Crippen molar-refractivity contribution in [2.75, 3.05) is 0 Å². The lowest BCUT2D eigenvalue weighted by Gasteiger charge is -2.11. The zero-order chi connectivity index (χ0) is 29.1. The highest BCUT2D eigenvalue weighted by Crippen LogP contribution is 2.27. The quantitative estimate of drug-likeness (QED) is 0.297. The summed E-state index contributed by atoms with van der Waals surface area (Å²) in [6, 6.07) is 7.91. The van der Waals surface area contributed by atoms with Crippen LogP contribution in [0.25, 0.3) is 22.6 Å². The number of aryl methyl sites for hydroxylation is 3. The van der Waals surface area contributed by atoms with E-state index in [0.717, 1.165) is 32.5 Å². The van der Waals surface area contributed by atoms with Crippen LogP contribution in [0.4, 0.5) is 0 Å². The molecule has 0 aliphatic rings. The van der Waals surface area contributed by atoms with Gasteiger partial charge in [-0.15, -0.1) is 0 Å². The van der Waals surface area contributed by atoms with Crippen molar-refractivity contribution in [2.45, 2.75) is 40.8 Å². The van der Waals surface area contributed by atoms with Gasteiger partial charge in [0.05, 0.1) is 13.1 Å². The van der Waals surface area contributed by atoms with Gasteiger partial charge in [-0.05, 0) is 49.9 Å². The highest BCUT2D eigenvalue weighted by atomic mass is 35.5. The minimum atomic E-state index is -0.398. The first kappa shape index (κ1) is 28.6. The fraction of sp³-hybridized carbons (Fsp3) is 0.267. The zero-order valence-electron chi connectivity index (χ0n) is 23.7. The minimum absolute atomic E-state index is 0.315. The van der Waals surface area contributed by atoms with E-state index in [1.165, 1.54) is 7.05 Å². The highest BCUT2D eigenvalue weighted by Gasteiger charge is 2.25. The third-order valence-electron chi connectivity index (χ3n) is 7.15. The lowest BCUT2D eigenvalue weighted by atomic mass is 10.1. The van der Waals surface area contributed by atoms with Crippen LogP contribution in [0, 0.1) is 20.8 Å². The van der Waals surface area contributed by atoms with Gasteiger partial charge in [0.1, 0.15) is 11.1 Å². The molecular weight excluding hydrogens is 526 g/mol. The number of hydrogen-bond acceptors (Lipinski definition) is 4. The van der Waals surface area contributed by atoms with Crippen LogP contribution >= 0.6 is 11.6 Å². The van der Waals surface area contributed by atoms with Crippen molar-refractivity contribution < 1.29 is 0 Å². The van der Waals surface area contributed by atoms with Gasteiger partial charge in [0, 0.05) is 43.4 Å². The number of allylic oxidation sites excluding steroid dienone is 3. The standard InChI is InChI=1S/C25H27N7O2.C5H7Cl/c1-15-8-6-7-9-18(15)13-31-22-20(24(33)30(5)25(31)34)21(23-26-10-11-29(23)4)32(28-22)14-19-12-27-17(3)16(19)2;1-3-5(6)4-2/h6-12,27H,13-14H2,1-5H3;3-4H,1H2,2H3/b;5-4+. The molecule has 0 atom stereocenters. The summed E-state index contributed by atoms with van der Waals surface area (Å²) >= 11 is 5.39. The molecule has 4 heterocycles. The van der Waals surface area contributed by atoms with Gasteiger partial charge in [-0.3, -0.25) is 18.6 Å². The molecule has 0 saturated heterocycles. The summed E-state index contributed by atoms with van der Waals surface area (Å²) in [5, 5.41) is 5.93. The van der Waals surface area contributed by atoms with Crippen LogP contribution in [0.2, 0.25) is 0 Å². The monoisotopic (exact) mass is 559 g/mol. The van der Waals surface area contributed by atoms with Crippen LogP contribution in [-0.4, -0.2) is 33.4 Å². The number of nitrogens with zero attached hydrogens (tertiary/aromatic N) is 6. The minimum Gasteiger partial charge on any atom is -0.365 e. The van der Waals surface area contributed by atoms with E-state index in [1.54, 1.807) is 27.6 Å². The first-order valence-electron chi connectivity index (χ1n) is 12.9. The number of aromatic amines is 1. The Kier molecular flexibility index (Phi) is 8.44. The third-order valence-corrected chi connectivity index (χ3v) is 7.52. The summed E-state index contributed by atoms with van der Waals surface area (Å²) in [6.45, 7) is 12.1. The van der Waals surface area contributed by atoms with Crippen molar-refractivity contribution in [3.05, 3.63) is 115 Å². The lowest BCUT2D eigenvalue weighted by Crippen LogP contribution is -2.38. The molecule has 40 heavy (non-hydrogen) atoms. The first-order valence-corrected chi connectivity index (χ1v) is 13.3. The molecule has 0 spiro atoms. The summed E-state index contributed by atoms with van der Waals surface area (Å²) in [7, 11) is 3.39. The molecular formula is C30H34ClN7O2. The van der Waals surface area contributed by atoms with Crippen molar-refractivity contribution in [1.82, 2.24) is 33.4 Å². The van der Waals surface area contributed by atoms with E-state index in [1.807, 2.05) is 69.0 Å². The Morgan fingerprint density at radius 1 is 1.10 bits per heavy atom. The van der Waals surface area contributed by atoms with Crippen molar-refractivity contribution in [2.24, 2.45) is 14.1 Å². The number of fused-ring (bicyclic) bond motifs is 1. The molecule has 5 rings (SSSR count). The Morgan fingerprint density at radius 3 is 2.38 bits per heavy atom. The average Bonchev–Trinajstić information content (AvgIpc) is 3.63. The number of H-pyrrole nitrogens is 1. The summed E-state index contributed by atoms with van der Waals surface area (Å²) in [4.78, 5) is 34.5. The summed E-state index contributed by atoms with van der Waals surface area (Å²) in [6.07, 6.45) is 8.86. The van der Waals surface area contributed by atoms with Crippen molar-refractivity contribution in [3.63, 3.8) is 0 Å². The molecule has 0 aliphatic carbocycles. The largest absolute Gasteiger partial charge is 0.365 e. The molecule has 0 amide bonds. The van der Waals surface area contributed by atoms with Gasteiger partial charge in [-0.2, -0.15) is 5.10 Å². The summed E-state index contributed by atoms with van der Waals surface area (Å²) in [5.41, 5.74) is 5.52. The number of nitrogens with one attached hydrogen (secondary N) is 1. The van der Waals surface area contributed by atoms with E-state index in [0.29, 0.717) is 40.7 Å². The van der Waals surface area contributed by atoms with E-state index in [9.17, 15) is 9.59 Å². The lowest BCUT2D eigenvalue weighted by molar-refractivity contribution is 0.648. The maximum Gasteiger partial charge on any atom is 0.332 e. The molecule has 1 N–H and O–H groups in total. The van der Waals surface area contributed by atoms with E-state index >= 15 is 0 Å². The van der Waals surface area contributed by atoms with Crippen molar-refractivity contribution in [3.8, 4) is 11.5 Å². The summed E-state index contributed by atoms with van der Waals surface area (Å²) in [5.74, 6) is 0.616. The Labute approximate surface area is 237 Å². The average molecular weight is 560 g/mol. The van der Waals surface area contributed by atoms with Gasteiger partial charge in [-0.1, -0.05) is 54.6 Å². The van der Waals surface area contributed by atoms with Crippen LogP contribution in [0.5, 0.6) is 0 Å². The van der Waals surface area contributed by atoms with Crippen molar-refractivity contribution >= 4 is 22.6 Å². The number of hydrogen-bond donors (Lipinski definition) is 1. The van der Waals surface area contributed by atoms with E-state index in [2.05, 4.69) is 23.5 Å². The van der Waals surface area contributed by atoms with E-state index in [4.69, 9.17) is 16.7 Å². The van der Waals surface area contributed by atoms with Crippen LogP contribution in [0.3, 0.4) is 0 Å². The predicted molar refractivity (Wildman–Crippen MR) is 161 cm³/mol. The SMILES string of the molecule is C=C/C(Cl)=C\C.Cc1ccccc1Cn1c(=O)n(C)c(=O)c2c(-c3nccn3C)n(Cc3c[nH]c(C)c3C)nc21. The predicted octanol–water partition coefficient (Wildman–Crippen LogP) is 4.96. The molecule has 0 unspecified atom stereocenters. The molecule has 0 radical (unpaired) electrons. The summed E-state index contributed by atoms with van der Waals surface area (Å²) < 4.78 is 6.39. The number of imidazole rings is 1. The molecule has 9 nitrogen and oxygen atoms in total. The van der Waals surface area contributed by atoms with Crippen molar-refractivity contribution in [1.29, 1.82) is 0 Å². The Balaban J connectivity index is 0.000000557. The van der Waals surface area contributed by atoms with Gasteiger partial charge in [0.15, 0.2) is 11.5 Å². The second kappa shape index (κ2) is 11.8. The van der Waals surface area contributed by atoms with Gasteiger partial charge < -0.3 is 9.55 Å². The fourth-order valence-electron chi connectivity index (χ4n) is 4.49. The Hall–Kier alpha value is -4.37. The second-order valence-corrected chi connectivity index (χ2v) is 10.1. The maximum atomic E-state index is 13.4. The Bertz CT molecular complexity index is 1850. The van der Waals surface area contributed by atoms with Crippen LogP contribution in [-0.2, 0) is 27.2 Å². The topological polar surface area (TPSA) is 95.4 Å². The van der Waals surface area contributed by atoms with Gasteiger partial charge in [0.2, 0.25) is 0 Å². The van der Waals surface area contributed by atoms with Crippen LogP contribution < -0.4 is 11.2 Å². The van der Waals surface area contributed by atoms with Crippen LogP contribution in [0.1, 0.15) is 34.9 Å². The van der Waals surface area contributed by atoms with Gasteiger partial charge in [-0.25, -0.2) is 9.78 Å². The molecule has 0 fully saturated rings. The number of halogens is 1. The number of aromatic nitrogens is 7. The van der Waals surface area contributed by atoms with Crippen LogP contribution in [0.15, 0.2) is 76.2 Å². The number of benzene rings is 1. The molecule has 0 aliphatic heterocycles. The molecule has 1 aromatic carbocycles. The van der Waals surface area contributed by atoms with E-state index in [-0.39, 0.29) is 5.56 Å². The smallest absolute Gasteiger partial charge is 0.332 e. The maximum absolute atomic E-state index is 13.4. The molecule has 0 saturated carbocycles. The van der Waals surface area contributed by atoms with Gasteiger partial charge in [0.25, 0.3) is 5.56 Å². The molecule has 0 bridgehead atoms. The highest BCUT2D eigenvalue weighted by molar-refractivity contribution is 6.31. The van der Waals surface area contributed by atoms with E-state index < -0.39 is 5.69 Å². The molecule has 4 aromatic heterocycles. The first-order chi connectivity index (χ1) is 19.1. The molecule has 208 valence electrons. The Morgan fingerprint density at radius 2 is 1.82 bits per heavy atom. The molecule has 10 heteroatoms.